The Balaban J connectivity index is 1.61. The molecule has 0 unspecified atom stereocenters. The number of benzene rings is 2. The molecule has 2 aromatic rings. The fourth-order valence-electron chi connectivity index (χ4n) is 2.74. The summed E-state index contributed by atoms with van der Waals surface area (Å²) in [4.78, 5) is 26.1. The predicted molar refractivity (Wildman–Crippen MR) is 99.8 cm³/mol. The van der Waals surface area contributed by atoms with Gasteiger partial charge in [-0.25, -0.2) is 4.39 Å². The van der Waals surface area contributed by atoms with Gasteiger partial charge in [-0.2, -0.15) is 0 Å². The zero-order valence-electron chi connectivity index (χ0n) is 14.0. The van der Waals surface area contributed by atoms with E-state index < -0.39 is 5.82 Å². The van der Waals surface area contributed by atoms with E-state index in [1.54, 1.807) is 29.2 Å². The number of nitrogens with one attached hydrogen (secondary N) is 1. The van der Waals surface area contributed by atoms with Gasteiger partial charge in [-0.1, -0.05) is 6.07 Å². The second-order valence-electron chi connectivity index (χ2n) is 5.98. The smallest absolute Gasteiger partial charge is 0.260 e. The molecule has 7 heteroatoms. The van der Waals surface area contributed by atoms with Crippen molar-refractivity contribution >= 4 is 33.4 Å². The van der Waals surface area contributed by atoms with Crippen LogP contribution in [-0.2, 0) is 4.79 Å². The minimum absolute atomic E-state index is 0.0269. The van der Waals surface area contributed by atoms with Crippen LogP contribution in [0.25, 0.3) is 0 Å². The lowest BCUT2D eigenvalue weighted by Gasteiger charge is -2.16. The lowest BCUT2D eigenvalue weighted by atomic mass is 10.2. The maximum Gasteiger partial charge on any atom is 0.260 e. The van der Waals surface area contributed by atoms with Crippen LogP contribution in [0.1, 0.15) is 23.2 Å². The molecule has 1 heterocycles. The SMILES string of the molecule is O=C(Nc1cccc(OCC(=O)N2CCCC2)c1)c1ccc(F)cc1Br. The van der Waals surface area contributed by atoms with Gasteiger partial charge in [-0.15, -0.1) is 0 Å². The van der Waals surface area contributed by atoms with Gasteiger partial charge in [-0.3, -0.25) is 9.59 Å². The summed E-state index contributed by atoms with van der Waals surface area (Å²) in [7, 11) is 0. The van der Waals surface area contributed by atoms with Gasteiger partial charge in [0.1, 0.15) is 11.6 Å². The predicted octanol–water partition coefficient (Wildman–Crippen LogP) is 3.84. The lowest BCUT2D eigenvalue weighted by Crippen LogP contribution is -2.32. The second-order valence-corrected chi connectivity index (χ2v) is 6.84. The summed E-state index contributed by atoms with van der Waals surface area (Å²) >= 11 is 3.18. The third-order valence-electron chi connectivity index (χ3n) is 4.09. The van der Waals surface area contributed by atoms with Gasteiger partial charge >= 0.3 is 0 Å². The van der Waals surface area contributed by atoms with Crippen molar-refractivity contribution in [3.05, 3.63) is 58.3 Å². The fraction of sp³-hybridized carbons (Fsp3) is 0.263. The largest absolute Gasteiger partial charge is 0.484 e. The van der Waals surface area contributed by atoms with Crippen molar-refractivity contribution in [2.75, 3.05) is 25.0 Å². The maximum absolute atomic E-state index is 13.1. The van der Waals surface area contributed by atoms with E-state index in [1.807, 2.05) is 0 Å². The Kier molecular flexibility index (Phi) is 5.88. The number of likely N-dealkylation sites (tertiary alicyclic amines) is 1. The van der Waals surface area contributed by atoms with Gasteiger partial charge in [0, 0.05) is 29.3 Å². The second kappa shape index (κ2) is 8.31. The summed E-state index contributed by atoms with van der Waals surface area (Å²) in [5.74, 6) is -0.339. The highest BCUT2D eigenvalue weighted by molar-refractivity contribution is 9.10. The first-order chi connectivity index (χ1) is 12.5. The number of ether oxygens (including phenoxy) is 1. The molecule has 0 bridgehead atoms. The van der Waals surface area contributed by atoms with Crippen LogP contribution in [0.5, 0.6) is 5.75 Å². The number of carbonyl (C=O) groups is 2. The van der Waals surface area contributed by atoms with Gasteiger partial charge in [0.15, 0.2) is 6.61 Å². The molecule has 1 aliphatic heterocycles. The number of halogens is 2. The zero-order chi connectivity index (χ0) is 18.5. The molecule has 2 amide bonds. The molecule has 3 rings (SSSR count). The highest BCUT2D eigenvalue weighted by atomic mass is 79.9. The van der Waals surface area contributed by atoms with Crippen molar-refractivity contribution in [2.45, 2.75) is 12.8 Å². The Morgan fingerprint density at radius 3 is 2.65 bits per heavy atom. The quantitative estimate of drug-likeness (QED) is 0.798. The summed E-state index contributed by atoms with van der Waals surface area (Å²) < 4.78 is 19.1. The molecule has 136 valence electrons. The standard InChI is InChI=1S/C19H18BrFN2O3/c20-17-10-13(21)6-7-16(17)19(25)22-14-4-3-5-15(11-14)26-12-18(24)23-8-1-2-9-23/h3-7,10-11H,1-2,8-9,12H2,(H,22,25). The molecule has 0 saturated carbocycles. The summed E-state index contributed by atoms with van der Waals surface area (Å²) in [5.41, 5.74) is 0.847. The van der Waals surface area contributed by atoms with Crippen molar-refractivity contribution in [1.82, 2.24) is 4.90 Å². The molecule has 0 radical (unpaired) electrons. The van der Waals surface area contributed by atoms with E-state index in [-0.39, 0.29) is 18.4 Å². The van der Waals surface area contributed by atoms with E-state index in [4.69, 9.17) is 4.74 Å². The summed E-state index contributed by atoms with van der Waals surface area (Å²) in [6.45, 7) is 1.54. The highest BCUT2D eigenvalue weighted by Gasteiger charge is 2.18. The first-order valence-corrected chi connectivity index (χ1v) is 9.09. The van der Waals surface area contributed by atoms with Crippen LogP contribution in [0.3, 0.4) is 0 Å². The van der Waals surface area contributed by atoms with Crippen molar-refractivity contribution < 1.29 is 18.7 Å². The molecule has 0 atom stereocenters. The maximum atomic E-state index is 13.1. The van der Waals surface area contributed by atoms with E-state index in [1.165, 1.54) is 18.2 Å². The molecule has 1 saturated heterocycles. The normalized spacial score (nSPS) is 13.5. The van der Waals surface area contributed by atoms with Gasteiger partial charge in [0.05, 0.1) is 5.56 Å². The minimum atomic E-state index is -0.425. The Labute approximate surface area is 159 Å². The van der Waals surface area contributed by atoms with E-state index in [0.29, 0.717) is 21.5 Å². The van der Waals surface area contributed by atoms with Crippen molar-refractivity contribution in [2.24, 2.45) is 0 Å². The molecule has 0 aliphatic carbocycles. The molecular weight excluding hydrogens is 403 g/mol. The number of hydrogen-bond acceptors (Lipinski definition) is 3. The van der Waals surface area contributed by atoms with Crippen LogP contribution in [0.2, 0.25) is 0 Å². The van der Waals surface area contributed by atoms with Gasteiger partial charge < -0.3 is 15.0 Å². The highest BCUT2D eigenvalue weighted by Crippen LogP contribution is 2.22. The third kappa shape index (κ3) is 4.60. The van der Waals surface area contributed by atoms with Crippen LogP contribution in [0.15, 0.2) is 46.9 Å². The van der Waals surface area contributed by atoms with Crippen molar-refractivity contribution in [3.8, 4) is 5.75 Å². The summed E-state index contributed by atoms with van der Waals surface area (Å²) in [5, 5.41) is 2.73. The molecular formula is C19H18BrFN2O3. The molecule has 0 aromatic heterocycles. The van der Waals surface area contributed by atoms with Crippen LogP contribution in [-0.4, -0.2) is 36.4 Å². The molecule has 0 spiro atoms. The van der Waals surface area contributed by atoms with Crippen molar-refractivity contribution in [1.29, 1.82) is 0 Å². The molecule has 1 fully saturated rings. The monoisotopic (exact) mass is 420 g/mol. The Morgan fingerprint density at radius 1 is 1.15 bits per heavy atom. The first kappa shape index (κ1) is 18.4. The van der Waals surface area contributed by atoms with Gasteiger partial charge in [0.2, 0.25) is 0 Å². The summed E-state index contributed by atoms with van der Waals surface area (Å²) in [6.07, 6.45) is 2.07. The molecule has 1 aliphatic rings. The third-order valence-corrected chi connectivity index (χ3v) is 4.74. The number of carbonyl (C=O) groups excluding carboxylic acids is 2. The van der Waals surface area contributed by atoms with E-state index in [9.17, 15) is 14.0 Å². The van der Waals surface area contributed by atoms with Crippen molar-refractivity contribution in [3.63, 3.8) is 0 Å². The van der Waals surface area contributed by atoms with Crippen LogP contribution < -0.4 is 10.1 Å². The molecule has 26 heavy (non-hydrogen) atoms. The van der Waals surface area contributed by atoms with E-state index >= 15 is 0 Å². The first-order valence-electron chi connectivity index (χ1n) is 8.30. The minimum Gasteiger partial charge on any atom is -0.484 e. The number of hydrogen-bond donors (Lipinski definition) is 1. The zero-order valence-corrected chi connectivity index (χ0v) is 15.6. The molecule has 5 nitrogen and oxygen atoms in total. The number of rotatable bonds is 5. The Hall–Kier alpha value is -2.41. The Bertz CT molecular complexity index is 822. The Morgan fingerprint density at radius 2 is 1.92 bits per heavy atom. The average Bonchev–Trinajstić information content (AvgIpc) is 3.14. The molecule has 2 aromatic carbocycles. The van der Waals surface area contributed by atoms with Crippen LogP contribution in [0, 0.1) is 5.82 Å². The number of anilines is 1. The lowest BCUT2D eigenvalue weighted by molar-refractivity contribution is -0.132. The number of amides is 2. The molecule has 1 N–H and O–H groups in total. The number of nitrogens with zero attached hydrogens (tertiary/aromatic N) is 1. The summed E-state index contributed by atoms with van der Waals surface area (Å²) in [6, 6.07) is 10.7. The van der Waals surface area contributed by atoms with Crippen LogP contribution in [0.4, 0.5) is 10.1 Å². The van der Waals surface area contributed by atoms with Gasteiger partial charge in [-0.05, 0) is 59.1 Å². The fourth-order valence-corrected chi connectivity index (χ4v) is 3.27. The van der Waals surface area contributed by atoms with Gasteiger partial charge in [0.25, 0.3) is 11.8 Å². The average molecular weight is 421 g/mol. The van der Waals surface area contributed by atoms with E-state index in [0.717, 1.165) is 25.9 Å². The van der Waals surface area contributed by atoms with Crippen LogP contribution >= 0.6 is 15.9 Å². The topological polar surface area (TPSA) is 58.6 Å². The van der Waals surface area contributed by atoms with E-state index in [2.05, 4.69) is 21.2 Å².